The SMILES string of the molecule is CN1CCCC(Oc2ccc(Nc3ncc4cc(C#Cc5nccn5C)c(=O)n(Cc5nccnc5-n5cccn5)c4n3)cc2)C1. The van der Waals surface area contributed by atoms with Gasteiger partial charge in [-0.1, -0.05) is 5.92 Å². The first-order valence-electron chi connectivity index (χ1n) is 14.9. The Bertz CT molecular complexity index is 2110. The first kappa shape index (κ1) is 28.9. The molecular weight excluding hydrogens is 582 g/mol. The highest BCUT2D eigenvalue weighted by molar-refractivity contribution is 5.77. The highest BCUT2D eigenvalue weighted by Crippen LogP contribution is 2.23. The van der Waals surface area contributed by atoms with Crippen LogP contribution in [-0.2, 0) is 13.6 Å². The van der Waals surface area contributed by atoms with Crippen LogP contribution in [0.3, 0.4) is 0 Å². The van der Waals surface area contributed by atoms with Gasteiger partial charge >= 0.3 is 0 Å². The molecule has 0 aliphatic carbocycles. The van der Waals surface area contributed by atoms with Crippen LogP contribution in [0.25, 0.3) is 16.9 Å². The van der Waals surface area contributed by atoms with Crippen LogP contribution >= 0.6 is 0 Å². The maximum Gasteiger partial charge on any atom is 0.268 e. The number of nitrogens with one attached hydrogen (secondary N) is 1. The van der Waals surface area contributed by atoms with Gasteiger partial charge in [-0.2, -0.15) is 10.1 Å². The Kier molecular flexibility index (Phi) is 7.92. The van der Waals surface area contributed by atoms with Gasteiger partial charge in [0, 0.05) is 68.0 Å². The molecule has 0 spiro atoms. The summed E-state index contributed by atoms with van der Waals surface area (Å²) in [5, 5.41) is 8.21. The van der Waals surface area contributed by atoms with E-state index < -0.39 is 0 Å². The molecule has 13 heteroatoms. The van der Waals surface area contributed by atoms with Gasteiger partial charge in [0.15, 0.2) is 11.6 Å². The molecular formula is C33H31N11O2. The number of fused-ring (bicyclic) bond motifs is 1. The summed E-state index contributed by atoms with van der Waals surface area (Å²) in [6, 6.07) is 11.2. The summed E-state index contributed by atoms with van der Waals surface area (Å²) in [4.78, 5) is 38.9. The Morgan fingerprint density at radius 3 is 2.65 bits per heavy atom. The summed E-state index contributed by atoms with van der Waals surface area (Å²) < 4.78 is 11.1. The van der Waals surface area contributed by atoms with Gasteiger partial charge in [0.05, 0.1) is 12.1 Å². The fraction of sp³-hybridized carbons (Fsp3) is 0.242. The van der Waals surface area contributed by atoms with E-state index in [1.807, 2.05) is 31.3 Å². The van der Waals surface area contributed by atoms with Gasteiger partial charge in [-0.15, -0.1) is 0 Å². The standard InChI is InChI=1S/C33H31N11O2/c1-41-16-3-5-27(21-41)46-26-9-7-25(8-10-26)39-33-37-20-24-19-23(6-11-29-35-15-18-42(29)2)32(45)43(30(24)40-33)22-28-31(36-14-13-34-28)44-17-4-12-38-44/h4,7-10,12-15,17-20,27H,3,5,16,21-22H2,1-2H3,(H,37,39,40). The summed E-state index contributed by atoms with van der Waals surface area (Å²) in [6.07, 6.45) is 14.1. The van der Waals surface area contributed by atoms with Gasteiger partial charge in [0.2, 0.25) is 5.95 Å². The smallest absolute Gasteiger partial charge is 0.268 e. The van der Waals surface area contributed by atoms with E-state index in [4.69, 9.17) is 9.72 Å². The molecule has 46 heavy (non-hydrogen) atoms. The van der Waals surface area contributed by atoms with E-state index >= 15 is 0 Å². The molecule has 6 aromatic rings. The number of pyridine rings is 1. The van der Waals surface area contributed by atoms with E-state index in [0.29, 0.717) is 34.3 Å². The van der Waals surface area contributed by atoms with E-state index in [0.717, 1.165) is 37.4 Å². The van der Waals surface area contributed by atoms with Gasteiger partial charge < -0.3 is 19.5 Å². The second kappa shape index (κ2) is 12.6. The van der Waals surface area contributed by atoms with Crippen molar-refractivity contribution in [3.05, 3.63) is 107 Å². The van der Waals surface area contributed by atoms with Crippen molar-refractivity contribution < 1.29 is 4.74 Å². The Morgan fingerprint density at radius 1 is 1.00 bits per heavy atom. The number of piperidine rings is 1. The zero-order valence-corrected chi connectivity index (χ0v) is 25.4. The number of likely N-dealkylation sites (tertiary alicyclic amines) is 1. The van der Waals surface area contributed by atoms with Crippen molar-refractivity contribution in [1.82, 2.24) is 48.7 Å². The fourth-order valence-electron chi connectivity index (χ4n) is 5.42. The zero-order chi connectivity index (χ0) is 31.5. The maximum absolute atomic E-state index is 14.0. The quantitative estimate of drug-likeness (QED) is 0.268. The van der Waals surface area contributed by atoms with Crippen molar-refractivity contribution in [3.8, 4) is 23.4 Å². The molecule has 6 heterocycles. The second-order valence-corrected chi connectivity index (χ2v) is 11.1. The lowest BCUT2D eigenvalue weighted by atomic mass is 10.1. The molecule has 1 saturated heterocycles. The lowest BCUT2D eigenvalue weighted by Crippen LogP contribution is -2.38. The molecule has 1 fully saturated rings. The average Bonchev–Trinajstić information content (AvgIpc) is 3.75. The first-order chi connectivity index (χ1) is 22.5. The van der Waals surface area contributed by atoms with Crippen LogP contribution in [0.4, 0.5) is 11.6 Å². The van der Waals surface area contributed by atoms with E-state index in [2.05, 4.69) is 54.1 Å². The van der Waals surface area contributed by atoms with Crippen LogP contribution in [0.1, 0.15) is 29.9 Å². The van der Waals surface area contributed by atoms with Crippen LogP contribution in [0.15, 0.2) is 84.6 Å². The zero-order valence-electron chi connectivity index (χ0n) is 25.4. The highest BCUT2D eigenvalue weighted by atomic mass is 16.5. The summed E-state index contributed by atoms with van der Waals surface area (Å²) in [5.41, 5.74) is 1.70. The van der Waals surface area contributed by atoms with Crippen LogP contribution in [0.2, 0.25) is 0 Å². The molecule has 0 amide bonds. The molecule has 1 aromatic carbocycles. The number of hydrogen-bond donors (Lipinski definition) is 1. The number of anilines is 2. The van der Waals surface area contributed by atoms with Gasteiger partial charge in [-0.25, -0.2) is 19.6 Å². The molecule has 1 aliphatic heterocycles. The van der Waals surface area contributed by atoms with Gasteiger partial charge in [-0.3, -0.25) is 14.3 Å². The van der Waals surface area contributed by atoms with E-state index in [1.165, 1.54) is 0 Å². The molecule has 0 radical (unpaired) electrons. The lowest BCUT2D eigenvalue weighted by molar-refractivity contribution is 0.104. The third kappa shape index (κ3) is 6.19. The Balaban J connectivity index is 1.23. The minimum Gasteiger partial charge on any atom is -0.489 e. The molecule has 230 valence electrons. The first-order valence-corrected chi connectivity index (χ1v) is 14.9. The predicted molar refractivity (Wildman–Crippen MR) is 172 cm³/mol. The monoisotopic (exact) mass is 613 g/mol. The van der Waals surface area contributed by atoms with Crippen molar-refractivity contribution >= 4 is 22.7 Å². The van der Waals surface area contributed by atoms with Crippen LogP contribution < -0.4 is 15.6 Å². The average molecular weight is 614 g/mol. The van der Waals surface area contributed by atoms with Crippen LogP contribution in [0, 0.1) is 11.8 Å². The van der Waals surface area contributed by atoms with Crippen molar-refractivity contribution in [2.45, 2.75) is 25.5 Å². The third-order valence-corrected chi connectivity index (χ3v) is 7.73. The number of aryl methyl sites for hydroxylation is 1. The number of aromatic nitrogens is 9. The second-order valence-electron chi connectivity index (χ2n) is 11.1. The summed E-state index contributed by atoms with van der Waals surface area (Å²) in [5.74, 6) is 8.20. The van der Waals surface area contributed by atoms with Gasteiger partial charge in [0.1, 0.15) is 23.2 Å². The topological polar surface area (TPSA) is 134 Å². The van der Waals surface area contributed by atoms with Crippen LogP contribution in [-0.4, -0.2) is 75.0 Å². The van der Waals surface area contributed by atoms with Gasteiger partial charge in [0.25, 0.3) is 5.56 Å². The summed E-state index contributed by atoms with van der Waals surface area (Å²) in [6.45, 7) is 2.10. The Labute approximate surface area is 264 Å². The molecule has 0 bridgehead atoms. The number of hydrogen-bond acceptors (Lipinski definition) is 10. The molecule has 0 saturated carbocycles. The molecule has 5 aromatic heterocycles. The lowest BCUT2D eigenvalue weighted by Gasteiger charge is -2.30. The molecule has 7 rings (SSSR count). The normalized spacial score (nSPS) is 15.0. The number of ether oxygens (including phenoxy) is 1. The number of likely N-dealkylation sites (N-methyl/N-ethyl adjacent to an activating group) is 1. The van der Waals surface area contributed by atoms with Gasteiger partial charge in [-0.05, 0) is 68.8 Å². The van der Waals surface area contributed by atoms with E-state index in [9.17, 15) is 4.79 Å². The maximum atomic E-state index is 14.0. The highest BCUT2D eigenvalue weighted by Gasteiger charge is 2.19. The summed E-state index contributed by atoms with van der Waals surface area (Å²) >= 11 is 0. The van der Waals surface area contributed by atoms with Crippen molar-refractivity contribution in [2.75, 3.05) is 25.5 Å². The molecule has 1 atom stereocenters. The Hall–Kier alpha value is -5.87. The minimum atomic E-state index is -0.328. The molecule has 1 unspecified atom stereocenters. The molecule has 13 nitrogen and oxygen atoms in total. The summed E-state index contributed by atoms with van der Waals surface area (Å²) in [7, 11) is 3.96. The van der Waals surface area contributed by atoms with E-state index in [-0.39, 0.29) is 23.8 Å². The molecule has 1 N–H and O–H groups in total. The predicted octanol–water partition coefficient (Wildman–Crippen LogP) is 3.17. The van der Waals surface area contributed by atoms with Crippen molar-refractivity contribution in [1.29, 1.82) is 0 Å². The number of benzene rings is 1. The molecule has 1 aliphatic rings. The number of imidazole rings is 1. The number of nitrogens with zero attached hydrogens (tertiary/aromatic N) is 10. The van der Waals surface area contributed by atoms with E-state index in [1.54, 1.807) is 69.3 Å². The van der Waals surface area contributed by atoms with Crippen molar-refractivity contribution in [2.24, 2.45) is 7.05 Å². The Morgan fingerprint density at radius 2 is 1.87 bits per heavy atom. The minimum absolute atomic E-state index is 0.0785. The van der Waals surface area contributed by atoms with Crippen molar-refractivity contribution in [3.63, 3.8) is 0 Å². The number of rotatable bonds is 7. The van der Waals surface area contributed by atoms with Crippen LogP contribution in [0.5, 0.6) is 5.75 Å². The fourth-order valence-corrected chi connectivity index (χ4v) is 5.42. The largest absolute Gasteiger partial charge is 0.489 e. The third-order valence-electron chi connectivity index (χ3n) is 7.73.